The molecule has 0 unspecified atom stereocenters. The van der Waals surface area contributed by atoms with E-state index >= 15 is 0 Å². The first-order valence-electron chi connectivity index (χ1n) is 7.20. The van der Waals surface area contributed by atoms with Gasteiger partial charge in [-0.1, -0.05) is 6.07 Å². The van der Waals surface area contributed by atoms with E-state index < -0.39 is 17.5 Å². The van der Waals surface area contributed by atoms with E-state index in [1.165, 1.54) is 6.07 Å². The highest BCUT2D eigenvalue weighted by atomic mass is 19.1. The van der Waals surface area contributed by atoms with Gasteiger partial charge in [0.15, 0.2) is 0 Å². The Bertz CT molecular complexity index is 582. The second-order valence-corrected chi connectivity index (χ2v) is 5.32. The molecule has 4 nitrogen and oxygen atoms in total. The summed E-state index contributed by atoms with van der Waals surface area (Å²) in [7, 11) is 0. The van der Waals surface area contributed by atoms with Gasteiger partial charge >= 0.3 is 0 Å². The van der Waals surface area contributed by atoms with Gasteiger partial charge in [-0.05, 0) is 37.5 Å². The largest absolute Gasteiger partial charge is 0.370 e. The van der Waals surface area contributed by atoms with E-state index in [4.69, 9.17) is 5.73 Å². The number of amides is 2. The molecule has 1 aromatic rings. The third kappa shape index (κ3) is 3.90. The molecule has 2 N–H and O–H groups in total. The van der Waals surface area contributed by atoms with E-state index in [0.717, 1.165) is 37.1 Å². The molecule has 1 aliphatic heterocycles. The van der Waals surface area contributed by atoms with Gasteiger partial charge < -0.3 is 10.6 Å². The first-order valence-corrected chi connectivity index (χ1v) is 7.20. The van der Waals surface area contributed by atoms with Gasteiger partial charge in [-0.3, -0.25) is 9.59 Å². The molecule has 1 heterocycles. The number of primary amides is 1. The summed E-state index contributed by atoms with van der Waals surface area (Å²) >= 11 is 0. The van der Waals surface area contributed by atoms with Crippen molar-refractivity contribution in [2.45, 2.75) is 31.7 Å². The molecular formula is C16H18F2N2O2. The molecule has 22 heavy (non-hydrogen) atoms. The monoisotopic (exact) mass is 308 g/mol. The third-order valence-electron chi connectivity index (χ3n) is 3.74. The highest BCUT2D eigenvalue weighted by Gasteiger charge is 2.26. The molecule has 2 rings (SSSR count). The molecule has 1 saturated heterocycles. The fourth-order valence-electron chi connectivity index (χ4n) is 2.66. The van der Waals surface area contributed by atoms with Crippen LogP contribution in [0, 0.1) is 11.6 Å². The molecule has 0 spiro atoms. The van der Waals surface area contributed by atoms with Crippen molar-refractivity contribution >= 4 is 17.9 Å². The number of likely N-dealkylation sites (tertiary alicyclic amines) is 1. The zero-order valence-corrected chi connectivity index (χ0v) is 12.1. The predicted octanol–water partition coefficient (Wildman–Crippen LogP) is 2.23. The maximum absolute atomic E-state index is 13.5. The summed E-state index contributed by atoms with van der Waals surface area (Å²) in [4.78, 5) is 24.8. The van der Waals surface area contributed by atoms with Crippen molar-refractivity contribution in [1.29, 1.82) is 0 Å². The van der Waals surface area contributed by atoms with Crippen LogP contribution in [0.3, 0.4) is 0 Å². The summed E-state index contributed by atoms with van der Waals surface area (Å²) in [5.41, 5.74) is 4.95. The number of benzene rings is 1. The van der Waals surface area contributed by atoms with Crippen LogP contribution in [0.15, 0.2) is 24.3 Å². The van der Waals surface area contributed by atoms with Crippen LogP contribution in [0.25, 0.3) is 6.08 Å². The molecular weight excluding hydrogens is 290 g/mol. The number of rotatable bonds is 4. The number of hydrogen-bond donors (Lipinski definition) is 1. The lowest BCUT2D eigenvalue weighted by atomic mass is 9.99. The van der Waals surface area contributed by atoms with Crippen LogP contribution < -0.4 is 5.73 Å². The highest BCUT2D eigenvalue weighted by molar-refractivity contribution is 5.92. The van der Waals surface area contributed by atoms with Gasteiger partial charge in [0.1, 0.15) is 11.6 Å². The number of piperidine rings is 1. The Labute approximate surface area is 127 Å². The fourth-order valence-corrected chi connectivity index (χ4v) is 2.66. The zero-order chi connectivity index (χ0) is 16.1. The smallest absolute Gasteiger partial charge is 0.246 e. The molecule has 0 aliphatic carbocycles. The lowest BCUT2D eigenvalue weighted by Gasteiger charge is -2.34. The minimum atomic E-state index is -0.726. The standard InChI is InChI=1S/C16H18F2N2O2/c17-13-5-3-6-14(18)12(13)7-8-16(22)20-9-2-1-4-11(20)10-15(19)21/h3,5-8,11H,1-2,4,9-10H2,(H2,19,21)/b8-7+/t11-/m0/s1. The van der Waals surface area contributed by atoms with Gasteiger partial charge in [0, 0.05) is 30.6 Å². The van der Waals surface area contributed by atoms with E-state index in [-0.39, 0.29) is 23.9 Å². The zero-order valence-electron chi connectivity index (χ0n) is 12.1. The van der Waals surface area contributed by atoms with Gasteiger partial charge in [0.25, 0.3) is 0 Å². The molecule has 118 valence electrons. The van der Waals surface area contributed by atoms with Crippen LogP contribution in [0.1, 0.15) is 31.2 Å². The minimum absolute atomic E-state index is 0.105. The van der Waals surface area contributed by atoms with Crippen molar-refractivity contribution in [3.05, 3.63) is 41.5 Å². The van der Waals surface area contributed by atoms with E-state index in [1.54, 1.807) is 4.90 Å². The number of carbonyl (C=O) groups is 2. The van der Waals surface area contributed by atoms with Crippen LogP contribution >= 0.6 is 0 Å². The lowest BCUT2D eigenvalue weighted by molar-refractivity contribution is -0.130. The van der Waals surface area contributed by atoms with Crippen LogP contribution in [0.4, 0.5) is 8.78 Å². The Kier molecular flexibility index (Phi) is 5.25. The van der Waals surface area contributed by atoms with Gasteiger partial charge in [-0.25, -0.2) is 8.78 Å². The fraction of sp³-hybridized carbons (Fsp3) is 0.375. The quantitative estimate of drug-likeness (QED) is 0.867. The minimum Gasteiger partial charge on any atom is -0.370 e. The maximum atomic E-state index is 13.5. The van der Waals surface area contributed by atoms with Crippen molar-refractivity contribution < 1.29 is 18.4 Å². The topological polar surface area (TPSA) is 63.4 Å². The molecule has 1 atom stereocenters. The summed E-state index contributed by atoms with van der Waals surface area (Å²) in [6.07, 6.45) is 4.84. The van der Waals surface area contributed by atoms with Gasteiger partial charge in [-0.2, -0.15) is 0 Å². The molecule has 1 aromatic carbocycles. The summed E-state index contributed by atoms with van der Waals surface area (Å²) in [6, 6.07) is 3.28. The van der Waals surface area contributed by atoms with Crippen molar-refractivity contribution in [3.63, 3.8) is 0 Å². The second-order valence-electron chi connectivity index (χ2n) is 5.32. The normalized spacial score (nSPS) is 18.6. The Morgan fingerprint density at radius 1 is 1.27 bits per heavy atom. The molecule has 1 aliphatic rings. The summed E-state index contributed by atoms with van der Waals surface area (Å²) in [6.45, 7) is 0.515. The van der Waals surface area contributed by atoms with E-state index in [0.29, 0.717) is 13.0 Å². The Morgan fingerprint density at radius 2 is 1.95 bits per heavy atom. The number of nitrogens with zero attached hydrogens (tertiary/aromatic N) is 1. The Balaban J connectivity index is 2.12. The van der Waals surface area contributed by atoms with Gasteiger partial charge in [0.2, 0.25) is 11.8 Å². The van der Waals surface area contributed by atoms with Crippen molar-refractivity contribution in [3.8, 4) is 0 Å². The van der Waals surface area contributed by atoms with Crippen molar-refractivity contribution in [2.24, 2.45) is 5.73 Å². The number of nitrogens with two attached hydrogens (primary N) is 1. The van der Waals surface area contributed by atoms with Crippen LogP contribution in [-0.2, 0) is 9.59 Å². The summed E-state index contributed by atoms with van der Waals surface area (Å²) < 4.78 is 27.0. The maximum Gasteiger partial charge on any atom is 0.246 e. The average molecular weight is 308 g/mol. The second kappa shape index (κ2) is 7.15. The summed E-state index contributed by atoms with van der Waals surface area (Å²) in [5, 5.41) is 0. The number of halogens is 2. The number of carbonyl (C=O) groups excluding carboxylic acids is 2. The Hall–Kier alpha value is -2.24. The third-order valence-corrected chi connectivity index (χ3v) is 3.74. The van der Waals surface area contributed by atoms with Crippen LogP contribution in [-0.4, -0.2) is 29.3 Å². The predicted molar refractivity (Wildman–Crippen MR) is 78.6 cm³/mol. The summed E-state index contributed by atoms with van der Waals surface area (Å²) in [5.74, 6) is -2.28. The Morgan fingerprint density at radius 3 is 2.59 bits per heavy atom. The molecule has 6 heteroatoms. The van der Waals surface area contributed by atoms with Crippen molar-refractivity contribution in [2.75, 3.05) is 6.54 Å². The first-order chi connectivity index (χ1) is 10.5. The molecule has 0 bridgehead atoms. The molecule has 2 amide bonds. The molecule has 0 aromatic heterocycles. The first kappa shape index (κ1) is 16.1. The number of hydrogen-bond acceptors (Lipinski definition) is 2. The highest BCUT2D eigenvalue weighted by Crippen LogP contribution is 2.21. The average Bonchev–Trinajstić information content (AvgIpc) is 2.46. The van der Waals surface area contributed by atoms with E-state index in [1.807, 2.05) is 0 Å². The lowest BCUT2D eigenvalue weighted by Crippen LogP contribution is -2.44. The van der Waals surface area contributed by atoms with Crippen molar-refractivity contribution in [1.82, 2.24) is 4.90 Å². The van der Waals surface area contributed by atoms with Gasteiger partial charge in [0.05, 0.1) is 0 Å². The SMILES string of the molecule is NC(=O)C[C@@H]1CCCCN1C(=O)/C=C/c1c(F)cccc1F. The molecule has 0 saturated carbocycles. The van der Waals surface area contributed by atoms with Crippen LogP contribution in [0.2, 0.25) is 0 Å². The van der Waals surface area contributed by atoms with Crippen LogP contribution in [0.5, 0.6) is 0 Å². The van der Waals surface area contributed by atoms with E-state index in [9.17, 15) is 18.4 Å². The van der Waals surface area contributed by atoms with E-state index in [2.05, 4.69) is 0 Å². The van der Waals surface area contributed by atoms with Gasteiger partial charge in [-0.15, -0.1) is 0 Å². The molecule has 0 radical (unpaired) electrons. The molecule has 1 fully saturated rings.